The molecule has 2 unspecified atom stereocenters. The maximum atomic E-state index is 12.3. The summed E-state index contributed by atoms with van der Waals surface area (Å²) in [6, 6.07) is 15.7. The monoisotopic (exact) mass is 322 g/mol. The summed E-state index contributed by atoms with van der Waals surface area (Å²) in [4.78, 5) is 24.5. The summed E-state index contributed by atoms with van der Waals surface area (Å²) < 4.78 is 0. The highest BCUT2D eigenvalue weighted by Crippen LogP contribution is 2.39. The van der Waals surface area contributed by atoms with E-state index in [-0.39, 0.29) is 23.7 Å². The summed E-state index contributed by atoms with van der Waals surface area (Å²) in [5, 5.41) is 5.83. The SMILES string of the molecule is Cc1cc(C)cc(NC(=O)C2CC2C(=O)NCc2ccccc2)c1. The van der Waals surface area contributed by atoms with Crippen molar-refractivity contribution >= 4 is 17.5 Å². The number of rotatable bonds is 5. The summed E-state index contributed by atoms with van der Waals surface area (Å²) in [5.74, 6) is -0.541. The van der Waals surface area contributed by atoms with E-state index < -0.39 is 0 Å². The molecule has 124 valence electrons. The first-order valence-electron chi connectivity index (χ1n) is 8.24. The second kappa shape index (κ2) is 6.87. The average molecular weight is 322 g/mol. The number of hydrogen-bond donors (Lipinski definition) is 2. The summed E-state index contributed by atoms with van der Waals surface area (Å²) >= 11 is 0. The highest BCUT2D eigenvalue weighted by molar-refractivity contribution is 5.99. The standard InChI is InChI=1S/C20H22N2O2/c1-13-8-14(2)10-16(9-13)22-20(24)18-11-17(18)19(23)21-12-15-6-4-3-5-7-15/h3-10,17-18H,11-12H2,1-2H3,(H,21,23)(H,22,24). The molecule has 0 radical (unpaired) electrons. The number of aryl methyl sites for hydroxylation is 2. The Morgan fingerprint density at radius 1 is 0.958 bits per heavy atom. The minimum absolute atomic E-state index is 0.0422. The van der Waals surface area contributed by atoms with Gasteiger partial charge in [-0.05, 0) is 49.1 Å². The van der Waals surface area contributed by atoms with E-state index in [1.165, 1.54) is 0 Å². The van der Waals surface area contributed by atoms with E-state index >= 15 is 0 Å². The molecule has 0 aromatic heterocycles. The first kappa shape index (κ1) is 16.2. The maximum absolute atomic E-state index is 12.3. The molecule has 1 aliphatic carbocycles. The molecule has 1 aliphatic rings. The van der Waals surface area contributed by atoms with E-state index in [9.17, 15) is 9.59 Å². The van der Waals surface area contributed by atoms with Crippen molar-refractivity contribution in [3.63, 3.8) is 0 Å². The molecule has 24 heavy (non-hydrogen) atoms. The Balaban J connectivity index is 1.50. The van der Waals surface area contributed by atoms with Crippen LogP contribution in [0.4, 0.5) is 5.69 Å². The number of benzene rings is 2. The van der Waals surface area contributed by atoms with E-state index in [1.54, 1.807) is 0 Å². The van der Waals surface area contributed by atoms with Crippen LogP contribution in [0, 0.1) is 25.7 Å². The van der Waals surface area contributed by atoms with Crippen molar-refractivity contribution < 1.29 is 9.59 Å². The Hall–Kier alpha value is -2.62. The molecule has 2 aromatic rings. The fourth-order valence-corrected chi connectivity index (χ4v) is 2.97. The summed E-state index contributed by atoms with van der Waals surface area (Å²) in [6.45, 7) is 4.50. The molecule has 0 spiro atoms. The van der Waals surface area contributed by atoms with Gasteiger partial charge < -0.3 is 10.6 Å². The van der Waals surface area contributed by atoms with Gasteiger partial charge in [0, 0.05) is 12.2 Å². The van der Waals surface area contributed by atoms with Gasteiger partial charge >= 0.3 is 0 Å². The zero-order valence-corrected chi connectivity index (χ0v) is 14.0. The fraction of sp³-hybridized carbons (Fsp3) is 0.300. The van der Waals surface area contributed by atoms with Crippen LogP contribution in [0.2, 0.25) is 0 Å². The third-order valence-corrected chi connectivity index (χ3v) is 4.26. The van der Waals surface area contributed by atoms with Crippen LogP contribution in [-0.2, 0) is 16.1 Å². The highest BCUT2D eigenvalue weighted by Gasteiger charge is 2.47. The van der Waals surface area contributed by atoms with Crippen molar-refractivity contribution in [2.75, 3.05) is 5.32 Å². The Kier molecular flexibility index (Phi) is 4.65. The topological polar surface area (TPSA) is 58.2 Å². The predicted molar refractivity (Wildman–Crippen MR) is 94.4 cm³/mol. The first-order valence-corrected chi connectivity index (χ1v) is 8.24. The largest absolute Gasteiger partial charge is 0.352 e. The number of hydrogen-bond acceptors (Lipinski definition) is 2. The first-order chi connectivity index (χ1) is 11.5. The summed E-state index contributed by atoms with van der Waals surface area (Å²) in [5.41, 5.74) is 4.08. The maximum Gasteiger partial charge on any atom is 0.228 e. The zero-order chi connectivity index (χ0) is 17.1. The van der Waals surface area contributed by atoms with Crippen molar-refractivity contribution in [1.29, 1.82) is 0 Å². The molecule has 1 saturated carbocycles. The van der Waals surface area contributed by atoms with Gasteiger partial charge in [-0.3, -0.25) is 9.59 Å². The Labute approximate surface area is 142 Å². The van der Waals surface area contributed by atoms with Gasteiger partial charge in [0.2, 0.25) is 11.8 Å². The molecule has 2 atom stereocenters. The van der Waals surface area contributed by atoms with Crippen LogP contribution in [0.3, 0.4) is 0 Å². The molecule has 0 heterocycles. The lowest BCUT2D eigenvalue weighted by molar-refractivity contribution is -0.125. The van der Waals surface area contributed by atoms with Gasteiger partial charge in [-0.1, -0.05) is 36.4 Å². The van der Waals surface area contributed by atoms with E-state index in [0.717, 1.165) is 22.4 Å². The molecule has 4 nitrogen and oxygen atoms in total. The molecule has 4 heteroatoms. The molecule has 0 bridgehead atoms. The summed E-state index contributed by atoms with van der Waals surface area (Å²) in [6.07, 6.45) is 0.622. The average Bonchev–Trinajstić information content (AvgIpc) is 3.33. The molecule has 2 N–H and O–H groups in total. The highest BCUT2D eigenvalue weighted by atomic mass is 16.2. The van der Waals surface area contributed by atoms with Crippen molar-refractivity contribution in [2.24, 2.45) is 11.8 Å². The predicted octanol–water partition coefficient (Wildman–Crippen LogP) is 3.19. The third-order valence-electron chi connectivity index (χ3n) is 4.26. The van der Waals surface area contributed by atoms with Crippen molar-refractivity contribution in [2.45, 2.75) is 26.8 Å². The van der Waals surface area contributed by atoms with Gasteiger partial charge in [-0.25, -0.2) is 0 Å². The van der Waals surface area contributed by atoms with Gasteiger partial charge in [0.15, 0.2) is 0 Å². The van der Waals surface area contributed by atoms with Gasteiger partial charge in [0.1, 0.15) is 0 Å². The number of carbonyl (C=O) groups is 2. The Bertz CT molecular complexity index is 735. The van der Waals surface area contributed by atoms with Gasteiger partial charge in [-0.15, -0.1) is 0 Å². The summed E-state index contributed by atoms with van der Waals surface area (Å²) in [7, 11) is 0. The fourth-order valence-electron chi connectivity index (χ4n) is 2.97. The van der Waals surface area contributed by atoms with Crippen molar-refractivity contribution in [3.05, 3.63) is 65.2 Å². The van der Waals surface area contributed by atoms with Crippen LogP contribution < -0.4 is 10.6 Å². The van der Waals surface area contributed by atoms with E-state index in [4.69, 9.17) is 0 Å². The van der Waals surface area contributed by atoms with Gasteiger partial charge in [0.25, 0.3) is 0 Å². The number of nitrogens with one attached hydrogen (secondary N) is 2. The third kappa shape index (κ3) is 4.02. The van der Waals surface area contributed by atoms with Crippen LogP contribution >= 0.6 is 0 Å². The molecule has 0 saturated heterocycles. The number of anilines is 1. The second-order valence-corrected chi connectivity index (χ2v) is 6.52. The smallest absolute Gasteiger partial charge is 0.228 e. The normalized spacial score (nSPS) is 18.8. The van der Waals surface area contributed by atoms with Crippen LogP contribution in [0.15, 0.2) is 48.5 Å². The molecular weight excluding hydrogens is 300 g/mol. The van der Waals surface area contributed by atoms with Crippen molar-refractivity contribution in [3.8, 4) is 0 Å². The quantitative estimate of drug-likeness (QED) is 0.888. The van der Waals surface area contributed by atoms with E-state index in [0.29, 0.717) is 13.0 Å². The number of carbonyl (C=O) groups excluding carboxylic acids is 2. The molecule has 1 fully saturated rings. The lowest BCUT2D eigenvalue weighted by Crippen LogP contribution is -2.27. The zero-order valence-electron chi connectivity index (χ0n) is 14.0. The minimum atomic E-state index is -0.221. The molecule has 2 amide bonds. The second-order valence-electron chi connectivity index (χ2n) is 6.52. The molecule has 3 rings (SSSR count). The lowest BCUT2D eigenvalue weighted by atomic mass is 10.1. The molecule has 2 aromatic carbocycles. The van der Waals surface area contributed by atoms with Crippen LogP contribution in [0.5, 0.6) is 0 Å². The van der Waals surface area contributed by atoms with Crippen LogP contribution in [0.25, 0.3) is 0 Å². The molecular formula is C20H22N2O2. The van der Waals surface area contributed by atoms with Gasteiger partial charge in [0.05, 0.1) is 11.8 Å². The Morgan fingerprint density at radius 2 is 1.58 bits per heavy atom. The van der Waals surface area contributed by atoms with Crippen molar-refractivity contribution in [1.82, 2.24) is 5.32 Å². The minimum Gasteiger partial charge on any atom is -0.352 e. The Morgan fingerprint density at radius 3 is 2.25 bits per heavy atom. The van der Waals surface area contributed by atoms with E-state index in [2.05, 4.69) is 16.7 Å². The van der Waals surface area contributed by atoms with Crippen LogP contribution in [-0.4, -0.2) is 11.8 Å². The molecule has 0 aliphatic heterocycles. The number of amides is 2. The van der Waals surface area contributed by atoms with Gasteiger partial charge in [-0.2, -0.15) is 0 Å². The lowest BCUT2D eigenvalue weighted by Gasteiger charge is -2.08. The van der Waals surface area contributed by atoms with E-state index in [1.807, 2.05) is 56.3 Å². The van der Waals surface area contributed by atoms with Crippen LogP contribution in [0.1, 0.15) is 23.1 Å².